The van der Waals surface area contributed by atoms with Crippen LogP contribution in [0.1, 0.15) is 45.8 Å². The highest BCUT2D eigenvalue weighted by Gasteiger charge is 2.46. The third kappa shape index (κ3) is 4.78. The van der Waals surface area contributed by atoms with E-state index in [0.29, 0.717) is 49.7 Å². The fraction of sp³-hybridized carbons (Fsp3) is 0.423. The summed E-state index contributed by atoms with van der Waals surface area (Å²) in [6, 6.07) is 4.60. The molecule has 1 amide bonds. The van der Waals surface area contributed by atoms with Crippen LogP contribution in [0.15, 0.2) is 29.8 Å². The van der Waals surface area contributed by atoms with Gasteiger partial charge in [-0.1, -0.05) is 12.1 Å². The number of likely N-dealkylation sites (tertiary alicyclic amines) is 1. The van der Waals surface area contributed by atoms with Crippen LogP contribution < -0.4 is 0 Å². The lowest BCUT2D eigenvalue weighted by Crippen LogP contribution is -2.42. The Labute approximate surface area is 208 Å². The van der Waals surface area contributed by atoms with Gasteiger partial charge in [0.15, 0.2) is 0 Å². The van der Waals surface area contributed by atoms with Gasteiger partial charge in [0.05, 0.1) is 31.4 Å². The molecule has 2 fully saturated rings. The van der Waals surface area contributed by atoms with Crippen LogP contribution in [0.4, 0.5) is 4.39 Å². The number of H-pyrrole nitrogens is 1. The van der Waals surface area contributed by atoms with Crippen molar-refractivity contribution in [2.75, 3.05) is 46.0 Å². The van der Waals surface area contributed by atoms with Crippen molar-refractivity contribution in [1.82, 2.24) is 14.8 Å². The number of amides is 1. The Bertz CT molecular complexity index is 1200. The first kappa shape index (κ1) is 25.6. The SMILES string of the molecule is CCOC(=O)c1[nH]c(C)c(/C(O)=C2\C(=O)C(=O)N(CCN3CCOCC3)C2c2ccc(F)cc2)c1C. The van der Waals surface area contributed by atoms with Crippen LogP contribution in [0, 0.1) is 19.7 Å². The number of rotatable bonds is 7. The number of nitrogens with zero attached hydrogens (tertiary/aromatic N) is 2. The second-order valence-corrected chi connectivity index (χ2v) is 8.84. The summed E-state index contributed by atoms with van der Waals surface area (Å²) in [5.74, 6) is -3.01. The van der Waals surface area contributed by atoms with Crippen molar-refractivity contribution in [3.8, 4) is 0 Å². The summed E-state index contributed by atoms with van der Waals surface area (Å²) < 4.78 is 24.2. The fourth-order valence-electron chi connectivity index (χ4n) is 4.82. The maximum absolute atomic E-state index is 13.7. The smallest absolute Gasteiger partial charge is 0.355 e. The molecule has 2 aromatic rings. The Kier molecular flexibility index (Phi) is 7.56. The molecule has 1 unspecified atom stereocenters. The third-order valence-electron chi connectivity index (χ3n) is 6.64. The van der Waals surface area contributed by atoms with Crippen molar-refractivity contribution in [2.45, 2.75) is 26.8 Å². The van der Waals surface area contributed by atoms with E-state index in [-0.39, 0.29) is 30.0 Å². The standard InChI is InChI=1S/C26H30FN3O6/c1-4-36-26(34)21-15(2)19(16(3)28-21)23(31)20-22(17-5-7-18(27)8-6-17)30(25(33)24(20)32)10-9-29-11-13-35-14-12-29/h5-8,22,28,31H,4,9-14H2,1-3H3/b23-20+. The van der Waals surface area contributed by atoms with Gasteiger partial charge in [0.25, 0.3) is 11.7 Å². The number of halogens is 1. The molecule has 4 rings (SSSR count). The topological polar surface area (TPSA) is 112 Å². The number of aliphatic hydroxyl groups excluding tert-OH is 1. The summed E-state index contributed by atoms with van der Waals surface area (Å²) in [6.07, 6.45) is 0. The minimum absolute atomic E-state index is 0.103. The van der Waals surface area contributed by atoms with Gasteiger partial charge in [-0.2, -0.15) is 0 Å². The van der Waals surface area contributed by atoms with Crippen molar-refractivity contribution < 1.29 is 33.4 Å². The fourth-order valence-corrected chi connectivity index (χ4v) is 4.82. The average Bonchev–Trinajstić information content (AvgIpc) is 3.30. The number of morpholine rings is 1. The number of benzene rings is 1. The number of hydrogen-bond donors (Lipinski definition) is 2. The lowest BCUT2D eigenvalue weighted by Gasteiger charge is -2.31. The molecule has 1 aromatic carbocycles. The van der Waals surface area contributed by atoms with E-state index in [1.807, 2.05) is 0 Å². The largest absolute Gasteiger partial charge is 0.507 e. The highest BCUT2D eigenvalue weighted by Crippen LogP contribution is 2.40. The van der Waals surface area contributed by atoms with E-state index in [1.165, 1.54) is 29.2 Å². The van der Waals surface area contributed by atoms with Gasteiger partial charge >= 0.3 is 5.97 Å². The maximum Gasteiger partial charge on any atom is 0.355 e. The third-order valence-corrected chi connectivity index (χ3v) is 6.64. The van der Waals surface area contributed by atoms with E-state index < -0.39 is 35.3 Å². The molecule has 1 atom stereocenters. The number of carbonyl (C=O) groups excluding carboxylic acids is 3. The van der Waals surface area contributed by atoms with Gasteiger partial charge in [-0.3, -0.25) is 14.5 Å². The molecule has 0 aliphatic carbocycles. The molecule has 2 N–H and O–H groups in total. The Morgan fingerprint density at radius 3 is 2.47 bits per heavy atom. The monoisotopic (exact) mass is 499 g/mol. The van der Waals surface area contributed by atoms with Gasteiger partial charge in [0.1, 0.15) is 17.3 Å². The number of aliphatic hydroxyl groups is 1. The van der Waals surface area contributed by atoms with Crippen molar-refractivity contribution in [3.63, 3.8) is 0 Å². The van der Waals surface area contributed by atoms with E-state index in [4.69, 9.17) is 9.47 Å². The number of aromatic amines is 1. The van der Waals surface area contributed by atoms with Crippen LogP contribution in [0.25, 0.3) is 5.76 Å². The van der Waals surface area contributed by atoms with Crippen LogP contribution in [-0.2, 0) is 19.1 Å². The number of ketones is 1. The number of hydrogen-bond acceptors (Lipinski definition) is 7. The van der Waals surface area contributed by atoms with E-state index in [0.717, 1.165) is 0 Å². The Balaban J connectivity index is 1.78. The zero-order chi connectivity index (χ0) is 26.0. The van der Waals surface area contributed by atoms with Crippen LogP contribution in [0.5, 0.6) is 0 Å². The van der Waals surface area contributed by atoms with Gasteiger partial charge in [0.2, 0.25) is 0 Å². The molecule has 3 heterocycles. The molecule has 2 saturated heterocycles. The van der Waals surface area contributed by atoms with Gasteiger partial charge in [-0.05, 0) is 44.0 Å². The summed E-state index contributed by atoms with van der Waals surface area (Å²) in [5.41, 5.74) is 1.67. The summed E-state index contributed by atoms with van der Waals surface area (Å²) in [4.78, 5) is 45.3. The highest BCUT2D eigenvalue weighted by molar-refractivity contribution is 6.46. The summed E-state index contributed by atoms with van der Waals surface area (Å²) >= 11 is 0. The number of Topliss-reactive ketones (excluding diaryl/α,β-unsaturated/α-hetero) is 1. The summed E-state index contributed by atoms with van der Waals surface area (Å²) in [7, 11) is 0. The molecule has 10 heteroatoms. The normalized spacial score (nSPS) is 20.2. The van der Waals surface area contributed by atoms with E-state index >= 15 is 0 Å². The highest BCUT2D eigenvalue weighted by atomic mass is 19.1. The molecule has 0 spiro atoms. The van der Waals surface area contributed by atoms with E-state index in [2.05, 4.69) is 9.88 Å². The average molecular weight is 500 g/mol. The van der Waals surface area contributed by atoms with Gasteiger partial charge in [0, 0.05) is 37.4 Å². The minimum Gasteiger partial charge on any atom is -0.507 e. The zero-order valence-corrected chi connectivity index (χ0v) is 20.6. The van der Waals surface area contributed by atoms with E-state index in [9.17, 15) is 23.9 Å². The summed E-state index contributed by atoms with van der Waals surface area (Å²) in [6.45, 7) is 8.52. The lowest BCUT2D eigenvalue weighted by molar-refractivity contribution is -0.140. The Morgan fingerprint density at radius 1 is 1.17 bits per heavy atom. The molecule has 2 aliphatic heterocycles. The lowest BCUT2D eigenvalue weighted by atomic mass is 9.94. The summed E-state index contributed by atoms with van der Waals surface area (Å²) in [5, 5.41) is 11.4. The molecule has 192 valence electrons. The van der Waals surface area contributed by atoms with Crippen molar-refractivity contribution in [3.05, 3.63) is 63.7 Å². The molecule has 9 nitrogen and oxygen atoms in total. The number of carbonyl (C=O) groups is 3. The molecule has 0 radical (unpaired) electrons. The number of esters is 1. The first-order valence-electron chi connectivity index (χ1n) is 11.9. The van der Waals surface area contributed by atoms with Crippen molar-refractivity contribution in [1.29, 1.82) is 0 Å². The first-order valence-corrected chi connectivity index (χ1v) is 11.9. The minimum atomic E-state index is -0.911. The second-order valence-electron chi connectivity index (χ2n) is 8.84. The second kappa shape index (κ2) is 10.6. The first-order chi connectivity index (χ1) is 17.2. The Morgan fingerprint density at radius 2 is 1.83 bits per heavy atom. The molecular weight excluding hydrogens is 469 g/mol. The molecule has 0 saturated carbocycles. The van der Waals surface area contributed by atoms with E-state index in [1.54, 1.807) is 20.8 Å². The van der Waals surface area contributed by atoms with Crippen LogP contribution >= 0.6 is 0 Å². The number of aryl methyl sites for hydroxylation is 1. The van der Waals surface area contributed by atoms with Crippen LogP contribution in [-0.4, -0.2) is 83.5 Å². The van der Waals surface area contributed by atoms with Gasteiger partial charge < -0.3 is 24.5 Å². The number of ether oxygens (including phenoxy) is 2. The van der Waals surface area contributed by atoms with Gasteiger partial charge in [-0.15, -0.1) is 0 Å². The quantitative estimate of drug-likeness (QED) is 0.261. The predicted octanol–water partition coefficient (Wildman–Crippen LogP) is 2.70. The number of nitrogens with one attached hydrogen (secondary N) is 1. The molecule has 0 bridgehead atoms. The maximum atomic E-state index is 13.7. The van der Waals surface area contributed by atoms with Gasteiger partial charge in [-0.25, -0.2) is 9.18 Å². The molecule has 1 aromatic heterocycles. The molecule has 36 heavy (non-hydrogen) atoms. The van der Waals surface area contributed by atoms with Crippen molar-refractivity contribution in [2.24, 2.45) is 0 Å². The molecular formula is C26H30FN3O6. The van der Waals surface area contributed by atoms with Crippen molar-refractivity contribution >= 4 is 23.4 Å². The van der Waals surface area contributed by atoms with Crippen LogP contribution in [0.3, 0.4) is 0 Å². The van der Waals surface area contributed by atoms with Crippen LogP contribution in [0.2, 0.25) is 0 Å². The zero-order valence-electron chi connectivity index (χ0n) is 20.6. The Hall–Kier alpha value is -3.50. The predicted molar refractivity (Wildman–Crippen MR) is 129 cm³/mol. The molecule has 2 aliphatic rings. The number of aromatic nitrogens is 1.